The van der Waals surface area contributed by atoms with Gasteiger partial charge < -0.3 is 13.9 Å². The Morgan fingerprint density at radius 3 is 2.37 bits per heavy atom. The molecule has 0 N–H and O–H groups in total. The fraction of sp³-hybridized carbons (Fsp3) is 0.733. The van der Waals surface area contributed by atoms with Crippen molar-refractivity contribution in [1.82, 2.24) is 0 Å². The average molecular weight is 284 g/mol. The maximum Gasteiger partial charge on any atom is 0.192 e. The number of methoxy groups -OCH3 is 1. The Morgan fingerprint density at radius 1 is 1.26 bits per heavy atom. The van der Waals surface area contributed by atoms with Crippen LogP contribution in [0.15, 0.2) is 12.2 Å². The predicted molar refractivity (Wildman–Crippen MR) is 82.5 cm³/mol. The van der Waals surface area contributed by atoms with Gasteiger partial charge in [-0.2, -0.15) is 0 Å². The molecule has 3 nitrogen and oxygen atoms in total. The van der Waals surface area contributed by atoms with Crippen LogP contribution in [0.2, 0.25) is 18.1 Å². The lowest BCUT2D eigenvalue weighted by Gasteiger charge is -2.35. The summed E-state index contributed by atoms with van der Waals surface area (Å²) in [6, 6.07) is 0. The van der Waals surface area contributed by atoms with Crippen molar-refractivity contribution in [2.45, 2.75) is 51.4 Å². The first-order valence-corrected chi connectivity index (χ1v) is 9.51. The quantitative estimate of drug-likeness (QED) is 0.295. The molecule has 110 valence electrons. The molecule has 0 saturated carbocycles. The van der Waals surface area contributed by atoms with Gasteiger partial charge in [-0.15, -0.1) is 6.42 Å². The Labute approximate surface area is 119 Å². The molecule has 0 amide bonds. The van der Waals surface area contributed by atoms with Gasteiger partial charge in [-0.05, 0) is 18.1 Å². The van der Waals surface area contributed by atoms with Gasteiger partial charge >= 0.3 is 0 Å². The van der Waals surface area contributed by atoms with Crippen molar-refractivity contribution in [3.63, 3.8) is 0 Å². The molecule has 0 aliphatic carbocycles. The van der Waals surface area contributed by atoms with Crippen molar-refractivity contribution < 1.29 is 13.9 Å². The largest absolute Gasteiger partial charge is 0.413 e. The first-order valence-electron chi connectivity index (χ1n) is 6.60. The van der Waals surface area contributed by atoms with Crippen LogP contribution in [0.3, 0.4) is 0 Å². The summed E-state index contributed by atoms with van der Waals surface area (Å²) < 4.78 is 16.1. The van der Waals surface area contributed by atoms with Crippen molar-refractivity contribution >= 4 is 8.32 Å². The number of hydrogen-bond donors (Lipinski definition) is 0. The third-order valence-corrected chi connectivity index (χ3v) is 7.94. The summed E-state index contributed by atoms with van der Waals surface area (Å²) in [6.07, 6.45) is 9.84. The SMILES string of the molecule is C#C[C@H](C/C=C/CO[Si](C)(C)C(C)(C)C)OCOC. The molecule has 0 aliphatic rings. The molecule has 0 saturated heterocycles. The lowest BCUT2D eigenvalue weighted by Crippen LogP contribution is -2.40. The first kappa shape index (κ1) is 18.4. The Bertz CT molecular complexity index is 310. The average Bonchev–Trinajstić information content (AvgIpc) is 2.31. The first-order chi connectivity index (χ1) is 8.74. The number of hydrogen-bond acceptors (Lipinski definition) is 3. The molecule has 0 rings (SSSR count). The van der Waals surface area contributed by atoms with E-state index in [1.165, 1.54) is 0 Å². The standard InChI is InChI=1S/C15H28O3Si/c1-8-14(17-13-16-5)11-9-10-12-18-19(6,7)15(2,3)4/h1,9-10,14H,11-13H2,2-7H3/b10-9+/t14-/m1/s1. The summed E-state index contributed by atoms with van der Waals surface area (Å²) in [7, 11) is -0.0744. The third-order valence-electron chi connectivity index (χ3n) is 3.44. The summed E-state index contributed by atoms with van der Waals surface area (Å²) in [6.45, 7) is 12.0. The summed E-state index contributed by atoms with van der Waals surface area (Å²) in [5, 5.41) is 0.240. The molecule has 0 spiro atoms. The van der Waals surface area contributed by atoms with E-state index in [-0.39, 0.29) is 17.9 Å². The van der Waals surface area contributed by atoms with Crippen molar-refractivity contribution in [3.05, 3.63) is 12.2 Å². The topological polar surface area (TPSA) is 27.7 Å². The van der Waals surface area contributed by atoms with Gasteiger partial charge in [0.15, 0.2) is 8.32 Å². The highest BCUT2D eigenvalue weighted by molar-refractivity contribution is 6.74. The molecule has 0 fully saturated rings. The lowest BCUT2D eigenvalue weighted by molar-refractivity contribution is -0.0510. The van der Waals surface area contributed by atoms with Gasteiger partial charge in [-0.3, -0.25) is 0 Å². The number of rotatable bonds is 8. The van der Waals surface area contributed by atoms with Crippen LogP contribution in [-0.2, 0) is 13.9 Å². The maximum atomic E-state index is 6.03. The molecule has 0 heterocycles. The van der Waals surface area contributed by atoms with Gasteiger partial charge in [0.2, 0.25) is 0 Å². The molecule has 0 aromatic heterocycles. The Balaban J connectivity index is 4.01. The molecule has 0 aliphatic heterocycles. The molecule has 1 atom stereocenters. The monoisotopic (exact) mass is 284 g/mol. The highest BCUT2D eigenvalue weighted by Gasteiger charge is 2.36. The number of ether oxygens (including phenoxy) is 2. The van der Waals surface area contributed by atoms with Crippen LogP contribution in [0.5, 0.6) is 0 Å². The van der Waals surface area contributed by atoms with Crippen molar-refractivity contribution in [2.75, 3.05) is 20.5 Å². The van der Waals surface area contributed by atoms with Gasteiger partial charge in [0, 0.05) is 13.5 Å². The maximum absolute atomic E-state index is 6.03. The van der Waals surface area contributed by atoms with Crippen LogP contribution in [0.25, 0.3) is 0 Å². The third kappa shape index (κ3) is 7.53. The Kier molecular flexibility index (Phi) is 8.27. The second-order valence-corrected chi connectivity index (χ2v) is 10.8. The molecule has 4 heteroatoms. The Morgan fingerprint density at radius 2 is 1.89 bits per heavy atom. The lowest BCUT2D eigenvalue weighted by atomic mass is 10.2. The van der Waals surface area contributed by atoms with Gasteiger partial charge in [-0.1, -0.05) is 38.8 Å². The molecule has 0 bridgehead atoms. The van der Waals surface area contributed by atoms with Crippen LogP contribution in [-0.4, -0.2) is 34.9 Å². The van der Waals surface area contributed by atoms with Gasteiger partial charge in [0.05, 0.1) is 6.61 Å². The van der Waals surface area contributed by atoms with E-state index in [9.17, 15) is 0 Å². The second kappa shape index (κ2) is 8.54. The smallest absolute Gasteiger partial charge is 0.192 e. The predicted octanol–water partition coefficient (Wildman–Crippen LogP) is 3.58. The minimum Gasteiger partial charge on any atom is -0.413 e. The highest BCUT2D eigenvalue weighted by atomic mass is 28.4. The van der Waals surface area contributed by atoms with E-state index >= 15 is 0 Å². The zero-order valence-electron chi connectivity index (χ0n) is 13.2. The van der Waals surface area contributed by atoms with Crippen LogP contribution in [0, 0.1) is 12.3 Å². The van der Waals surface area contributed by atoms with E-state index in [0.29, 0.717) is 13.0 Å². The molecule has 0 aromatic rings. The van der Waals surface area contributed by atoms with E-state index in [4.69, 9.17) is 20.3 Å². The molecule has 0 radical (unpaired) electrons. The van der Waals surface area contributed by atoms with Gasteiger partial charge in [-0.25, -0.2) is 0 Å². The summed E-state index contributed by atoms with van der Waals surface area (Å²) in [5.74, 6) is 2.58. The van der Waals surface area contributed by atoms with Crippen LogP contribution >= 0.6 is 0 Å². The zero-order valence-corrected chi connectivity index (χ0v) is 14.2. The van der Waals surface area contributed by atoms with E-state index in [2.05, 4.69) is 39.8 Å². The Hall–Kier alpha value is -0.603. The molecule has 19 heavy (non-hydrogen) atoms. The van der Waals surface area contributed by atoms with E-state index in [0.717, 1.165) is 0 Å². The van der Waals surface area contributed by atoms with Crippen molar-refractivity contribution in [3.8, 4) is 12.3 Å². The molecular weight excluding hydrogens is 256 g/mol. The zero-order chi connectivity index (χ0) is 14.9. The summed E-state index contributed by atoms with van der Waals surface area (Å²) in [4.78, 5) is 0. The molecule has 0 unspecified atom stereocenters. The summed E-state index contributed by atoms with van der Waals surface area (Å²) in [5.41, 5.74) is 0. The van der Waals surface area contributed by atoms with Crippen LogP contribution in [0.4, 0.5) is 0 Å². The van der Waals surface area contributed by atoms with Gasteiger partial charge in [0.25, 0.3) is 0 Å². The van der Waals surface area contributed by atoms with Crippen molar-refractivity contribution in [1.29, 1.82) is 0 Å². The molecular formula is C15H28O3Si. The van der Waals surface area contributed by atoms with E-state index < -0.39 is 8.32 Å². The fourth-order valence-corrected chi connectivity index (χ4v) is 2.04. The van der Waals surface area contributed by atoms with Gasteiger partial charge in [0.1, 0.15) is 12.9 Å². The molecule has 0 aromatic carbocycles. The number of terminal acetylenes is 1. The minimum absolute atomic E-state index is 0.225. The second-order valence-electron chi connectivity index (χ2n) is 6.01. The minimum atomic E-state index is -1.65. The van der Waals surface area contributed by atoms with Crippen molar-refractivity contribution in [2.24, 2.45) is 0 Å². The van der Waals surface area contributed by atoms with Crippen LogP contribution < -0.4 is 0 Å². The van der Waals surface area contributed by atoms with Crippen LogP contribution in [0.1, 0.15) is 27.2 Å². The normalized spacial score (nSPS) is 14.6. The van der Waals surface area contributed by atoms with E-state index in [1.54, 1.807) is 7.11 Å². The summed E-state index contributed by atoms with van der Waals surface area (Å²) >= 11 is 0. The van der Waals surface area contributed by atoms with E-state index in [1.807, 2.05) is 12.2 Å². The highest BCUT2D eigenvalue weighted by Crippen LogP contribution is 2.36. The fourth-order valence-electron chi connectivity index (χ4n) is 1.10.